The predicted octanol–water partition coefficient (Wildman–Crippen LogP) is 3.50. The lowest BCUT2D eigenvalue weighted by molar-refractivity contribution is 0.0789. The first-order valence-electron chi connectivity index (χ1n) is 8.59. The second kappa shape index (κ2) is 6.34. The Morgan fingerprint density at radius 1 is 1.12 bits per heavy atom. The molecule has 1 saturated carbocycles. The van der Waals surface area contributed by atoms with Crippen LogP contribution >= 0.6 is 0 Å². The Morgan fingerprint density at radius 3 is 2.62 bits per heavy atom. The van der Waals surface area contributed by atoms with Gasteiger partial charge in [-0.15, -0.1) is 0 Å². The van der Waals surface area contributed by atoms with E-state index in [1.54, 1.807) is 4.90 Å². The van der Waals surface area contributed by atoms with Crippen LogP contribution in [0.25, 0.3) is 0 Å². The summed E-state index contributed by atoms with van der Waals surface area (Å²) >= 11 is 0. The molecule has 4 rings (SSSR count). The molecule has 2 aromatic rings. The molecule has 0 spiro atoms. The topological polar surface area (TPSA) is 59.2 Å². The van der Waals surface area contributed by atoms with Crippen LogP contribution in [0.15, 0.2) is 28.8 Å². The summed E-state index contributed by atoms with van der Waals surface area (Å²) in [5.41, 5.74) is 0.509. The molecule has 1 amide bonds. The number of amides is 1. The van der Waals surface area contributed by atoms with E-state index in [4.69, 9.17) is 4.52 Å². The number of carbonyl (C=O) groups is 1. The summed E-state index contributed by atoms with van der Waals surface area (Å²) in [5, 5.41) is 4.15. The van der Waals surface area contributed by atoms with Crippen LogP contribution in [-0.2, 0) is 0 Å². The Morgan fingerprint density at radius 2 is 1.88 bits per heavy atom. The van der Waals surface area contributed by atoms with Gasteiger partial charge in [0, 0.05) is 24.6 Å². The van der Waals surface area contributed by atoms with E-state index in [0.29, 0.717) is 30.5 Å². The highest BCUT2D eigenvalue weighted by atomic mass is 19.1. The standard InChI is InChI=1S/C18H20FN3O2/c19-15-7-5-13(6-8-15)18(23)22-10-9-14(11-22)17-20-16(21-24-17)12-3-1-2-4-12/h5-8,12,14H,1-4,9-11H2. The third kappa shape index (κ3) is 2.92. The summed E-state index contributed by atoms with van der Waals surface area (Å²) in [6.45, 7) is 1.23. The van der Waals surface area contributed by atoms with Crippen LogP contribution in [0.3, 0.4) is 0 Å². The zero-order valence-electron chi connectivity index (χ0n) is 13.4. The van der Waals surface area contributed by atoms with Crippen molar-refractivity contribution in [1.82, 2.24) is 15.0 Å². The molecule has 0 radical (unpaired) electrons. The maximum atomic E-state index is 13.0. The molecule has 24 heavy (non-hydrogen) atoms. The molecule has 5 nitrogen and oxygen atoms in total. The van der Waals surface area contributed by atoms with Gasteiger partial charge in [0.15, 0.2) is 5.82 Å². The largest absolute Gasteiger partial charge is 0.339 e. The second-order valence-electron chi connectivity index (χ2n) is 6.72. The van der Waals surface area contributed by atoms with Gasteiger partial charge in [-0.2, -0.15) is 4.98 Å². The summed E-state index contributed by atoms with van der Waals surface area (Å²) in [4.78, 5) is 18.8. The van der Waals surface area contributed by atoms with Gasteiger partial charge in [-0.3, -0.25) is 4.79 Å². The van der Waals surface area contributed by atoms with Crippen molar-refractivity contribution in [1.29, 1.82) is 0 Å². The first-order chi connectivity index (χ1) is 11.7. The molecular formula is C18H20FN3O2. The van der Waals surface area contributed by atoms with Crippen molar-refractivity contribution < 1.29 is 13.7 Å². The molecule has 1 aromatic carbocycles. The van der Waals surface area contributed by atoms with Crippen LogP contribution in [0.5, 0.6) is 0 Å². The van der Waals surface area contributed by atoms with Crippen molar-refractivity contribution in [3.8, 4) is 0 Å². The van der Waals surface area contributed by atoms with E-state index in [1.165, 1.54) is 37.1 Å². The molecular weight excluding hydrogens is 309 g/mol. The molecule has 1 saturated heterocycles. The monoisotopic (exact) mass is 329 g/mol. The Bertz CT molecular complexity index is 722. The minimum absolute atomic E-state index is 0.0759. The van der Waals surface area contributed by atoms with Crippen LogP contribution in [0, 0.1) is 5.82 Å². The number of aromatic nitrogens is 2. The third-order valence-electron chi connectivity index (χ3n) is 5.09. The molecule has 1 aliphatic heterocycles. The number of benzene rings is 1. The average molecular weight is 329 g/mol. The van der Waals surface area contributed by atoms with Crippen molar-refractivity contribution in [2.24, 2.45) is 0 Å². The van der Waals surface area contributed by atoms with Crippen LogP contribution < -0.4 is 0 Å². The minimum Gasteiger partial charge on any atom is -0.339 e. The summed E-state index contributed by atoms with van der Waals surface area (Å²) in [6.07, 6.45) is 5.56. The quantitative estimate of drug-likeness (QED) is 0.865. The lowest BCUT2D eigenvalue weighted by Gasteiger charge is -2.15. The van der Waals surface area contributed by atoms with E-state index in [2.05, 4.69) is 10.1 Å². The Labute approximate surface area is 139 Å². The number of carbonyl (C=O) groups excluding carboxylic acids is 1. The van der Waals surface area contributed by atoms with Crippen molar-refractivity contribution in [3.63, 3.8) is 0 Å². The van der Waals surface area contributed by atoms with Gasteiger partial charge in [0.05, 0.1) is 5.92 Å². The van der Waals surface area contributed by atoms with Crippen molar-refractivity contribution >= 4 is 5.91 Å². The zero-order chi connectivity index (χ0) is 16.5. The molecule has 1 atom stereocenters. The average Bonchev–Trinajstić information content (AvgIpc) is 3.33. The number of rotatable bonds is 3. The second-order valence-corrected chi connectivity index (χ2v) is 6.72. The molecule has 2 fully saturated rings. The zero-order valence-corrected chi connectivity index (χ0v) is 13.4. The summed E-state index contributed by atoms with van der Waals surface area (Å²) < 4.78 is 18.5. The van der Waals surface area contributed by atoms with E-state index < -0.39 is 0 Å². The first-order valence-corrected chi connectivity index (χ1v) is 8.59. The Balaban J connectivity index is 1.42. The van der Waals surface area contributed by atoms with E-state index >= 15 is 0 Å². The van der Waals surface area contributed by atoms with Crippen LogP contribution in [-0.4, -0.2) is 34.0 Å². The van der Waals surface area contributed by atoms with E-state index in [9.17, 15) is 9.18 Å². The molecule has 2 aliphatic rings. The maximum Gasteiger partial charge on any atom is 0.253 e. The van der Waals surface area contributed by atoms with Gasteiger partial charge in [0.1, 0.15) is 5.82 Å². The van der Waals surface area contributed by atoms with Crippen molar-refractivity contribution in [2.45, 2.75) is 43.9 Å². The lowest BCUT2D eigenvalue weighted by Crippen LogP contribution is -2.28. The van der Waals surface area contributed by atoms with Gasteiger partial charge in [0.2, 0.25) is 5.89 Å². The highest BCUT2D eigenvalue weighted by Crippen LogP contribution is 2.34. The number of hydrogen-bond donors (Lipinski definition) is 0. The Hall–Kier alpha value is -2.24. The first kappa shape index (κ1) is 15.3. The molecule has 1 aliphatic carbocycles. The predicted molar refractivity (Wildman–Crippen MR) is 85.2 cm³/mol. The van der Waals surface area contributed by atoms with Crippen LogP contribution in [0.2, 0.25) is 0 Å². The SMILES string of the molecule is O=C(c1ccc(F)cc1)N1CCC(c2nc(C3CCCC3)no2)C1. The van der Waals surface area contributed by atoms with E-state index in [-0.39, 0.29) is 17.6 Å². The highest BCUT2D eigenvalue weighted by molar-refractivity contribution is 5.94. The number of nitrogens with zero attached hydrogens (tertiary/aromatic N) is 3. The minimum atomic E-state index is -0.337. The third-order valence-corrected chi connectivity index (χ3v) is 5.09. The fourth-order valence-electron chi connectivity index (χ4n) is 3.68. The van der Waals surface area contributed by atoms with Gasteiger partial charge >= 0.3 is 0 Å². The van der Waals surface area contributed by atoms with Crippen LogP contribution in [0.1, 0.15) is 66.0 Å². The van der Waals surface area contributed by atoms with Crippen molar-refractivity contribution in [3.05, 3.63) is 47.4 Å². The molecule has 1 aromatic heterocycles. The molecule has 6 heteroatoms. The van der Waals surface area contributed by atoms with Gasteiger partial charge in [-0.25, -0.2) is 4.39 Å². The summed E-state index contributed by atoms with van der Waals surface area (Å²) in [7, 11) is 0. The number of likely N-dealkylation sites (tertiary alicyclic amines) is 1. The number of halogens is 1. The summed E-state index contributed by atoms with van der Waals surface area (Å²) in [6, 6.07) is 5.67. The van der Waals surface area contributed by atoms with E-state index in [0.717, 1.165) is 25.1 Å². The van der Waals surface area contributed by atoms with Gasteiger partial charge in [0.25, 0.3) is 5.91 Å². The Kier molecular flexibility index (Phi) is 4.04. The van der Waals surface area contributed by atoms with Crippen molar-refractivity contribution in [2.75, 3.05) is 13.1 Å². The summed E-state index contributed by atoms with van der Waals surface area (Å²) in [5.74, 6) is 1.58. The van der Waals surface area contributed by atoms with Gasteiger partial charge < -0.3 is 9.42 Å². The van der Waals surface area contributed by atoms with Gasteiger partial charge in [-0.1, -0.05) is 18.0 Å². The highest BCUT2D eigenvalue weighted by Gasteiger charge is 2.32. The van der Waals surface area contributed by atoms with Crippen LogP contribution in [0.4, 0.5) is 4.39 Å². The van der Waals surface area contributed by atoms with E-state index in [1.807, 2.05) is 0 Å². The molecule has 2 heterocycles. The normalized spacial score (nSPS) is 21.5. The van der Waals surface area contributed by atoms with Gasteiger partial charge in [-0.05, 0) is 43.5 Å². The maximum absolute atomic E-state index is 13.0. The smallest absolute Gasteiger partial charge is 0.253 e. The number of hydrogen-bond acceptors (Lipinski definition) is 4. The molecule has 0 N–H and O–H groups in total. The fraction of sp³-hybridized carbons (Fsp3) is 0.500. The molecule has 1 unspecified atom stereocenters. The fourth-order valence-corrected chi connectivity index (χ4v) is 3.68. The molecule has 126 valence electrons. The molecule has 0 bridgehead atoms. The lowest BCUT2D eigenvalue weighted by atomic mass is 10.1.